The Morgan fingerprint density at radius 2 is 1.58 bits per heavy atom. The summed E-state index contributed by atoms with van der Waals surface area (Å²) in [5.74, 6) is 2.43. The van der Waals surface area contributed by atoms with Crippen molar-refractivity contribution in [3.8, 4) is 22.5 Å². The Morgan fingerprint density at radius 1 is 0.769 bits per heavy atom. The van der Waals surface area contributed by atoms with Gasteiger partial charge in [0, 0.05) is 18.4 Å². The second-order valence-electron chi connectivity index (χ2n) is 6.80. The van der Waals surface area contributed by atoms with Crippen LogP contribution < -0.4 is 0 Å². The van der Waals surface area contributed by atoms with Crippen molar-refractivity contribution >= 4 is 10.8 Å². The van der Waals surface area contributed by atoms with E-state index in [0.717, 1.165) is 35.9 Å². The van der Waals surface area contributed by atoms with Gasteiger partial charge >= 0.3 is 0 Å². The highest BCUT2D eigenvalue weighted by Gasteiger charge is 2.24. The van der Waals surface area contributed by atoms with E-state index in [1.165, 1.54) is 33.0 Å². The van der Waals surface area contributed by atoms with E-state index in [1.54, 1.807) is 0 Å². The highest BCUT2D eigenvalue weighted by molar-refractivity contribution is 5.96. The molecular weight excluding hydrogens is 318 g/mol. The monoisotopic (exact) mass is 337 g/mol. The van der Waals surface area contributed by atoms with Crippen molar-refractivity contribution in [1.82, 2.24) is 15.0 Å². The number of hydrogen-bond acceptors (Lipinski definition) is 3. The van der Waals surface area contributed by atoms with E-state index in [9.17, 15) is 0 Å². The van der Waals surface area contributed by atoms with Gasteiger partial charge in [-0.3, -0.25) is 0 Å². The molecule has 0 N–H and O–H groups in total. The molecule has 3 aromatic carbocycles. The fourth-order valence-electron chi connectivity index (χ4n) is 4.01. The van der Waals surface area contributed by atoms with Gasteiger partial charge in [0.1, 0.15) is 11.6 Å². The van der Waals surface area contributed by atoms with Crippen molar-refractivity contribution in [1.29, 1.82) is 0 Å². The zero-order chi connectivity index (χ0) is 17.7. The van der Waals surface area contributed by atoms with Gasteiger partial charge < -0.3 is 0 Å². The van der Waals surface area contributed by atoms with Gasteiger partial charge in [-0.05, 0) is 39.9 Å². The minimum Gasteiger partial charge on any atom is -0.218 e. The van der Waals surface area contributed by atoms with Crippen molar-refractivity contribution < 1.29 is 0 Å². The first-order chi connectivity index (χ1) is 12.7. The highest BCUT2D eigenvalue weighted by Crippen LogP contribution is 2.43. The number of fused-ring (bicyclic) bond motifs is 5. The molecule has 0 bridgehead atoms. The Balaban J connectivity index is 1.73. The van der Waals surface area contributed by atoms with Crippen LogP contribution in [0.3, 0.4) is 0 Å². The molecule has 1 aliphatic carbocycles. The average molecular weight is 337 g/mol. The third-order valence-electron chi connectivity index (χ3n) is 5.21. The quantitative estimate of drug-likeness (QED) is 0.448. The lowest BCUT2D eigenvalue weighted by Gasteiger charge is -2.09. The Morgan fingerprint density at radius 3 is 2.46 bits per heavy atom. The second-order valence-corrected chi connectivity index (χ2v) is 6.80. The van der Waals surface area contributed by atoms with Gasteiger partial charge in [-0.2, -0.15) is 0 Å². The summed E-state index contributed by atoms with van der Waals surface area (Å²) < 4.78 is 0. The molecule has 0 saturated heterocycles. The van der Waals surface area contributed by atoms with Gasteiger partial charge in [-0.25, -0.2) is 15.0 Å². The molecule has 3 nitrogen and oxygen atoms in total. The Bertz CT molecular complexity index is 1160. The Kier molecular flexibility index (Phi) is 3.35. The molecule has 126 valence electrons. The predicted octanol–water partition coefficient (Wildman–Crippen LogP) is 5.13. The number of aryl methyl sites for hydroxylation is 2. The van der Waals surface area contributed by atoms with Crippen LogP contribution in [-0.2, 0) is 12.8 Å². The molecule has 0 amide bonds. The van der Waals surface area contributed by atoms with E-state index >= 15 is 0 Å². The van der Waals surface area contributed by atoms with Crippen LogP contribution in [0.25, 0.3) is 33.3 Å². The molecule has 1 heterocycles. The fraction of sp³-hybridized carbons (Fsp3) is 0.174. The van der Waals surface area contributed by atoms with Crippen LogP contribution in [0.5, 0.6) is 0 Å². The van der Waals surface area contributed by atoms with Gasteiger partial charge in [0.05, 0.1) is 0 Å². The van der Waals surface area contributed by atoms with Gasteiger partial charge in [-0.1, -0.05) is 61.5 Å². The van der Waals surface area contributed by atoms with E-state index in [4.69, 9.17) is 4.98 Å². The van der Waals surface area contributed by atoms with Gasteiger partial charge in [0.25, 0.3) is 0 Å². The second kappa shape index (κ2) is 5.73. The molecule has 0 spiro atoms. The van der Waals surface area contributed by atoms with Crippen LogP contribution >= 0.6 is 0 Å². The molecule has 4 aromatic rings. The fourth-order valence-corrected chi connectivity index (χ4v) is 4.01. The van der Waals surface area contributed by atoms with Gasteiger partial charge in [0.15, 0.2) is 5.82 Å². The number of benzene rings is 3. The zero-order valence-corrected chi connectivity index (χ0v) is 15.0. The molecule has 0 aliphatic heterocycles. The topological polar surface area (TPSA) is 38.7 Å². The summed E-state index contributed by atoms with van der Waals surface area (Å²) in [7, 11) is 0. The third kappa shape index (κ3) is 2.24. The van der Waals surface area contributed by atoms with E-state index in [0.29, 0.717) is 0 Å². The smallest absolute Gasteiger partial charge is 0.163 e. The van der Waals surface area contributed by atoms with Crippen molar-refractivity contribution in [3.05, 3.63) is 77.4 Å². The minimum atomic E-state index is 0.783. The van der Waals surface area contributed by atoms with Gasteiger partial charge in [-0.15, -0.1) is 0 Å². The summed E-state index contributed by atoms with van der Waals surface area (Å²) in [5.41, 5.74) is 6.50. The summed E-state index contributed by atoms with van der Waals surface area (Å²) in [4.78, 5) is 13.8. The average Bonchev–Trinajstić information content (AvgIpc) is 3.06. The molecular formula is C23H19N3. The molecule has 5 rings (SSSR count). The molecule has 0 fully saturated rings. The maximum atomic E-state index is 4.70. The van der Waals surface area contributed by atoms with Crippen LogP contribution in [0.4, 0.5) is 0 Å². The first-order valence-corrected chi connectivity index (χ1v) is 9.09. The first kappa shape index (κ1) is 15.2. The van der Waals surface area contributed by atoms with Crippen LogP contribution in [0.2, 0.25) is 0 Å². The molecule has 26 heavy (non-hydrogen) atoms. The van der Waals surface area contributed by atoms with E-state index in [1.807, 2.05) is 6.92 Å². The first-order valence-electron chi connectivity index (χ1n) is 9.09. The largest absolute Gasteiger partial charge is 0.218 e. The lowest BCUT2D eigenvalue weighted by atomic mass is 9.99. The molecule has 0 unspecified atom stereocenters. The number of aromatic nitrogens is 3. The summed E-state index contributed by atoms with van der Waals surface area (Å²) in [6, 6.07) is 19.6. The Labute approximate surface area is 152 Å². The lowest BCUT2D eigenvalue weighted by Crippen LogP contribution is -2.03. The number of nitrogens with zero attached hydrogens (tertiary/aromatic N) is 3. The van der Waals surface area contributed by atoms with Crippen molar-refractivity contribution in [2.75, 3.05) is 0 Å². The molecule has 1 aromatic heterocycles. The predicted molar refractivity (Wildman–Crippen MR) is 105 cm³/mol. The molecule has 0 saturated carbocycles. The number of rotatable bonds is 2. The van der Waals surface area contributed by atoms with E-state index in [2.05, 4.69) is 71.5 Å². The van der Waals surface area contributed by atoms with E-state index < -0.39 is 0 Å². The van der Waals surface area contributed by atoms with Crippen molar-refractivity contribution in [2.24, 2.45) is 0 Å². The van der Waals surface area contributed by atoms with Crippen molar-refractivity contribution in [3.63, 3.8) is 0 Å². The standard InChI is InChI=1S/C23H19N3/c1-3-22-24-14(2)25-23(26-22)19-10-6-9-17-18-12-11-15-7-4-5-8-16(15)20(18)13-21(17)19/h4-12H,3,13H2,1-2H3. The summed E-state index contributed by atoms with van der Waals surface area (Å²) in [5, 5.41) is 2.64. The maximum Gasteiger partial charge on any atom is 0.163 e. The minimum absolute atomic E-state index is 0.783. The SMILES string of the molecule is CCc1nc(C)nc(-c2cccc3c2Cc2c-3ccc3ccccc23)n1. The van der Waals surface area contributed by atoms with Crippen LogP contribution in [0, 0.1) is 6.92 Å². The van der Waals surface area contributed by atoms with Gasteiger partial charge in [0.2, 0.25) is 0 Å². The molecule has 1 aliphatic rings. The van der Waals surface area contributed by atoms with E-state index in [-0.39, 0.29) is 0 Å². The van der Waals surface area contributed by atoms with Crippen LogP contribution in [0.1, 0.15) is 29.7 Å². The number of hydrogen-bond donors (Lipinski definition) is 0. The molecule has 0 radical (unpaired) electrons. The highest BCUT2D eigenvalue weighted by atomic mass is 15.0. The van der Waals surface area contributed by atoms with Crippen molar-refractivity contribution in [2.45, 2.75) is 26.7 Å². The Hall–Kier alpha value is -3.07. The third-order valence-corrected chi connectivity index (χ3v) is 5.21. The summed E-state index contributed by atoms with van der Waals surface area (Å²) >= 11 is 0. The summed E-state index contributed by atoms with van der Waals surface area (Å²) in [6.45, 7) is 4.02. The van der Waals surface area contributed by atoms with Crippen LogP contribution in [0.15, 0.2) is 54.6 Å². The normalized spacial score (nSPS) is 12.2. The maximum absolute atomic E-state index is 4.70. The lowest BCUT2D eigenvalue weighted by molar-refractivity contribution is 0.868. The summed E-state index contributed by atoms with van der Waals surface area (Å²) in [6.07, 6.45) is 1.74. The molecule has 0 atom stereocenters. The molecule has 3 heteroatoms. The zero-order valence-electron chi connectivity index (χ0n) is 15.0. The van der Waals surface area contributed by atoms with Crippen LogP contribution in [-0.4, -0.2) is 15.0 Å².